The molecule has 1 N–H and O–H groups in total. The van der Waals surface area contributed by atoms with E-state index in [1.54, 1.807) is 0 Å². The van der Waals surface area contributed by atoms with Crippen LogP contribution < -0.4 is 0 Å². The molecule has 0 unspecified atom stereocenters. The number of nitrogens with one attached hydrogen (secondary N) is 1. The fourth-order valence-electron chi connectivity index (χ4n) is 5.62. The van der Waals surface area contributed by atoms with Crippen LogP contribution in [0.1, 0.15) is 51.0 Å². The fraction of sp³-hybridized carbons (Fsp3) is 0.300. The predicted molar refractivity (Wildman–Crippen MR) is 145 cm³/mol. The maximum Gasteiger partial charge on any atom is 0.256 e. The lowest BCUT2D eigenvalue weighted by molar-refractivity contribution is -0.131. The van der Waals surface area contributed by atoms with E-state index in [0.717, 1.165) is 77.7 Å². The molecule has 0 radical (unpaired) electrons. The van der Waals surface area contributed by atoms with Crippen LogP contribution in [0.4, 0.5) is 0 Å². The van der Waals surface area contributed by atoms with Crippen molar-refractivity contribution in [2.45, 2.75) is 57.5 Å². The van der Waals surface area contributed by atoms with Crippen molar-refractivity contribution in [3.63, 3.8) is 0 Å². The van der Waals surface area contributed by atoms with Crippen LogP contribution >= 0.6 is 0 Å². The van der Waals surface area contributed by atoms with E-state index in [2.05, 4.69) is 76.1 Å². The summed E-state index contributed by atoms with van der Waals surface area (Å²) in [5.41, 5.74) is 5.87. The zero-order chi connectivity index (χ0) is 25.2. The second-order valence-electron chi connectivity index (χ2n) is 9.97. The summed E-state index contributed by atoms with van der Waals surface area (Å²) >= 11 is 0. The molecule has 0 saturated heterocycles. The Bertz CT molecular complexity index is 1420. The predicted octanol–water partition coefficient (Wildman–Crippen LogP) is 6.05. The standard InChI is InChI=1S/C30H30N6O/c1-2-8-27-31-30(17-6-7-18-30)29(37)36(27)20-21-11-13-23(14-12-21)26-19-24(22-9-4-3-5-10-22)15-16-25(26)28-32-34-35-33-28/h3-5,9-16,19H,2,6-8,17-18,20H2,1H3,(H,32,33,34,35). The summed E-state index contributed by atoms with van der Waals surface area (Å²) in [4.78, 5) is 20.4. The molecule has 1 aliphatic heterocycles. The molecule has 1 spiro atoms. The summed E-state index contributed by atoms with van der Waals surface area (Å²) in [5, 5.41) is 14.8. The lowest BCUT2D eigenvalue weighted by Gasteiger charge is -2.22. The minimum Gasteiger partial charge on any atom is -0.294 e. The Balaban J connectivity index is 1.31. The van der Waals surface area contributed by atoms with E-state index in [4.69, 9.17) is 4.99 Å². The number of H-pyrrole nitrogens is 1. The third-order valence-electron chi connectivity index (χ3n) is 7.52. The highest BCUT2D eigenvalue weighted by Crippen LogP contribution is 2.40. The Hall–Kier alpha value is -4.13. The molecule has 3 aromatic carbocycles. The smallest absolute Gasteiger partial charge is 0.256 e. The molecule has 186 valence electrons. The van der Waals surface area contributed by atoms with Gasteiger partial charge in [-0.05, 0) is 64.4 Å². The molecule has 1 amide bonds. The van der Waals surface area contributed by atoms with Gasteiger partial charge in [0.05, 0.1) is 6.54 Å². The number of nitrogens with zero attached hydrogens (tertiary/aromatic N) is 5. The molecule has 0 atom stereocenters. The molecule has 37 heavy (non-hydrogen) atoms. The van der Waals surface area contributed by atoms with E-state index in [1.165, 1.54) is 0 Å². The van der Waals surface area contributed by atoms with Crippen molar-refractivity contribution in [2.24, 2.45) is 4.99 Å². The summed E-state index contributed by atoms with van der Waals surface area (Å²) in [6, 6.07) is 25.1. The molecule has 4 aromatic rings. The summed E-state index contributed by atoms with van der Waals surface area (Å²) in [5.74, 6) is 1.70. The van der Waals surface area contributed by atoms with E-state index in [1.807, 2.05) is 29.2 Å². The molecular formula is C30H30N6O. The largest absolute Gasteiger partial charge is 0.294 e. The Kier molecular flexibility index (Phi) is 6.12. The van der Waals surface area contributed by atoms with Gasteiger partial charge in [-0.25, -0.2) is 0 Å². The number of tetrazole rings is 1. The SMILES string of the molecule is CCCC1=NC2(CCCC2)C(=O)N1Cc1ccc(-c2cc(-c3ccccc3)ccc2-c2nn[nH]n2)cc1. The van der Waals surface area contributed by atoms with Gasteiger partial charge in [-0.2, -0.15) is 5.21 Å². The van der Waals surface area contributed by atoms with Crippen LogP contribution in [-0.2, 0) is 11.3 Å². The molecule has 7 nitrogen and oxygen atoms in total. The van der Waals surface area contributed by atoms with Crippen LogP contribution in [-0.4, -0.2) is 42.8 Å². The monoisotopic (exact) mass is 490 g/mol. The van der Waals surface area contributed by atoms with Crippen LogP contribution in [0, 0.1) is 0 Å². The van der Waals surface area contributed by atoms with Gasteiger partial charge in [-0.3, -0.25) is 14.7 Å². The molecule has 2 aliphatic rings. The van der Waals surface area contributed by atoms with Gasteiger partial charge in [0, 0.05) is 12.0 Å². The van der Waals surface area contributed by atoms with Crippen LogP contribution in [0.15, 0.2) is 77.8 Å². The Morgan fingerprint density at radius 2 is 1.65 bits per heavy atom. The minimum absolute atomic E-state index is 0.187. The highest BCUT2D eigenvalue weighted by Gasteiger charge is 2.49. The van der Waals surface area contributed by atoms with Crippen molar-refractivity contribution in [1.29, 1.82) is 0 Å². The summed E-state index contributed by atoms with van der Waals surface area (Å²) in [7, 11) is 0. The van der Waals surface area contributed by atoms with Gasteiger partial charge in [-0.15, -0.1) is 10.2 Å². The molecule has 1 aliphatic carbocycles. The normalized spacial score (nSPS) is 16.5. The van der Waals surface area contributed by atoms with Crippen LogP contribution in [0.3, 0.4) is 0 Å². The molecule has 1 saturated carbocycles. The number of aromatic nitrogens is 4. The van der Waals surface area contributed by atoms with E-state index in [9.17, 15) is 4.79 Å². The zero-order valence-corrected chi connectivity index (χ0v) is 21.0. The molecular weight excluding hydrogens is 460 g/mol. The summed E-state index contributed by atoms with van der Waals surface area (Å²) in [6.07, 6.45) is 5.75. The number of benzene rings is 3. The Labute approximate surface area is 216 Å². The number of carbonyl (C=O) groups is 1. The number of amidine groups is 1. The van der Waals surface area contributed by atoms with Crippen LogP contribution in [0.25, 0.3) is 33.6 Å². The highest BCUT2D eigenvalue weighted by atomic mass is 16.2. The first-order valence-electron chi connectivity index (χ1n) is 13.1. The molecule has 1 fully saturated rings. The first-order valence-corrected chi connectivity index (χ1v) is 13.1. The minimum atomic E-state index is -0.498. The van der Waals surface area contributed by atoms with Crippen LogP contribution in [0.2, 0.25) is 0 Å². The number of hydrogen-bond acceptors (Lipinski definition) is 5. The van der Waals surface area contributed by atoms with Crippen molar-refractivity contribution in [1.82, 2.24) is 25.5 Å². The second kappa shape index (κ2) is 9.73. The van der Waals surface area contributed by atoms with Gasteiger partial charge in [-0.1, -0.05) is 80.4 Å². The van der Waals surface area contributed by atoms with Crippen molar-refractivity contribution in [3.8, 4) is 33.6 Å². The fourth-order valence-corrected chi connectivity index (χ4v) is 5.62. The van der Waals surface area contributed by atoms with Gasteiger partial charge in [0.25, 0.3) is 5.91 Å². The molecule has 0 bridgehead atoms. The number of amides is 1. The van der Waals surface area contributed by atoms with E-state index in [0.29, 0.717) is 12.4 Å². The lowest BCUT2D eigenvalue weighted by atomic mass is 9.93. The first kappa shape index (κ1) is 23.3. The number of carbonyl (C=O) groups excluding carboxylic acids is 1. The van der Waals surface area contributed by atoms with Crippen molar-refractivity contribution >= 4 is 11.7 Å². The number of rotatable bonds is 7. The number of aromatic amines is 1. The van der Waals surface area contributed by atoms with E-state index < -0.39 is 5.54 Å². The average molecular weight is 491 g/mol. The lowest BCUT2D eigenvalue weighted by Crippen LogP contribution is -2.40. The maximum absolute atomic E-state index is 13.4. The number of aliphatic imine (C=N–C) groups is 1. The summed E-state index contributed by atoms with van der Waals surface area (Å²) < 4.78 is 0. The van der Waals surface area contributed by atoms with Crippen LogP contribution in [0.5, 0.6) is 0 Å². The molecule has 1 aromatic heterocycles. The second-order valence-corrected chi connectivity index (χ2v) is 9.97. The Morgan fingerprint density at radius 1 is 0.892 bits per heavy atom. The van der Waals surface area contributed by atoms with Gasteiger partial charge < -0.3 is 0 Å². The molecule has 6 rings (SSSR count). The average Bonchev–Trinajstić information content (AvgIpc) is 3.69. The molecule has 7 heteroatoms. The zero-order valence-electron chi connectivity index (χ0n) is 21.0. The highest BCUT2D eigenvalue weighted by molar-refractivity contribution is 6.08. The number of hydrogen-bond donors (Lipinski definition) is 1. The quantitative estimate of drug-likeness (QED) is 0.341. The van der Waals surface area contributed by atoms with Gasteiger partial charge >= 0.3 is 0 Å². The molecule has 2 heterocycles. The maximum atomic E-state index is 13.4. The van der Waals surface area contributed by atoms with Gasteiger partial charge in [0.1, 0.15) is 11.4 Å². The Morgan fingerprint density at radius 3 is 2.35 bits per heavy atom. The van der Waals surface area contributed by atoms with E-state index >= 15 is 0 Å². The third-order valence-corrected chi connectivity index (χ3v) is 7.52. The van der Waals surface area contributed by atoms with Gasteiger partial charge in [0.15, 0.2) is 0 Å². The topological polar surface area (TPSA) is 87.1 Å². The van der Waals surface area contributed by atoms with Crippen molar-refractivity contribution in [2.75, 3.05) is 0 Å². The van der Waals surface area contributed by atoms with Crippen molar-refractivity contribution < 1.29 is 4.79 Å². The third kappa shape index (κ3) is 4.35. The first-order chi connectivity index (χ1) is 18.2. The van der Waals surface area contributed by atoms with Crippen molar-refractivity contribution in [3.05, 3.63) is 78.4 Å². The summed E-state index contributed by atoms with van der Waals surface area (Å²) in [6.45, 7) is 2.70. The van der Waals surface area contributed by atoms with Gasteiger partial charge in [0.2, 0.25) is 5.82 Å². The van der Waals surface area contributed by atoms with E-state index in [-0.39, 0.29) is 5.91 Å².